The number of nitrogens with one attached hydrogen (secondary N) is 4. The molecular weight excluding hydrogens is 883 g/mol. The van der Waals surface area contributed by atoms with Gasteiger partial charge >= 0.3 is 11.9 Å². The number of carboxylic acid groups (broad SMARTS) is 2. The number of hydrogen-bond acceptors (Lipinski definition) is 11. The normalized spacial score (nSPS) is 12.6. The van der Waals surface area contributed by atoms with E-state index in [1.165, 1.54) is 44.9 Å². The number of amides is 4. The van der Waals surface area contributed by atoms with Crippen molar-refractivity contribution in [3.05, 3.63) is 0 Å². The van der Waals surface area contributed by atoms with Gasteiger partial charge in [-0.25, -0.2) is 4.79 Å². The number of carbonyl (C=O) groups excluding carboxylic acids is 5. The van der Waals surface area contributed by atoms with Gasteiger partial charge in [0.15, 0.2) is 0 Å². The smallest absolute Gasteiger partial charge is 0.326 e. The quantitative estimate of drug-likeness (QED) is 0.0282. The summed E-state index contributed by atoms with van der Waals surface area (Å²) >= 11 is 1.68. The fraction of sp³-hybridized carbons (Fsp3) is 0.829. The minimum absolute atomic E-state index is 0.0263. The van der Waals surface area contributed by atoms with Gasteiger partial charge in [-0.2, -0.15) is 0 Å². The molecule has 0 aromatic heterocycles. The predicted octanol–water partition coefficient (Wildman–Crippen LogP) is 4.45. The van der Waals surface area contributed by atoms with E-state index in [1.807, 2.05) is 13.8 Å². The van der Waals surface area contributed by atoms with E-state index in [4.69, 9.17) is 24.1 Å². The van der Waals surface area contributed by atoms with Crippen molar-refractivity contribution in [3.63, 3.8) is 0 Å². The summed E-state index contributed by atoms with van der Waals surface area (Å²) in [5.41, 5.74) is 0. The van der Waals surface area contributed by atoms with Crippen molar-refractivity contribution in [2.75, 3.05) is 65.9 Å². The van der Waals surface area contributed by atoms with Crippen LogP contribution in [0.4, 0.5) is 0 Å². The summed E-state index contributed by atoms with van der Waals surface area (Å²) in [4.78, 5) is 82.3. The molecule has 342 valence electrons. The highest BCUT2D eigenvalue weighted by molar-refractivity contribution is 14.1. The van der Waals surface area contributed by atoms with Gasteiger partial charge in [-0.3, -0.25) is 28.8 Å². The molecule has 0 spiro atoms. The number of halogens is 1. The molecule has 0 aromatic carbocycles. The fourth-order valence-corrected chi connectivity index (χ4v) is 6.56. The molecule has 6 N–H and O–H groups in total. The summed E-state index contributed by atoms with van der Waals surface area (Å²) in [6, 6.07) is -1.69. The lowest BCUT2D eigenvalue weighted by molar-refractivity contribution is -0.142. The van der Waals surface area contributed by atoms with Gasteiger partial charge in [-0.15, -0.1) is 0 Å². The summed E-state index contributed by atoms with van der Waals surface area (Å²) < 4.78 is 21.2. The lowest BCUT2D eigenvalue weighted by Gasteiger charge is -2.20. The first-order chi connectivity index (χ1) is 28.4. The maximum atomic E-state index is 12.3. The lowest BCUT2D eigenvalue weighted by atomic mass is 10.0. The largest absolute Gasteiger partial charge is 0.481 e. The molecule has 0 heterocycles. The van der Waals surface area contributed by atoms with E-state index in [0.29, 0.717) is 6.42 Å². The van der Waals surface area contributed by atoms with Gasteiger partial charge in [0.05, 0.1) is 39.6 Å². The predicted molar refractivity (Wildman–Crippen MR) is 230 cm³/mol. The molecule has 0 aliphatic rings. The van der Waals surface area contributed by atoms with Crippen LogP contribution >= 0.6 is 22.6 Å². The summed E-state index contributed by atoms with van der Waals surface area (Å²) in [5, 5.41) is 28.7. The van der Waals surface area contributed by atoms with Crippen LogP contribution in [0.1, 0.15) is 136 Å². The molecule has 0 rings (SSSR count). The van der Waals surface area contributed by atoms with Crippen LogP contribution in [-0.2, 0) is 52.5 Å². The Morgan fingerprint density at radius 2 is 0.966 bits per heavy atom. The van der Waals surface area contributed by atoms with Crippen molar-refractivity contribution >= 4 is 61.9 Å². The van der Waals surface area contributed by atoms with Crippen LogP contribution < -0.4 is 21.3 Å². The van der Waals surface area contributed by atoms with Crippen molar-refractivity contribution in [3.8, 4) is 0 Å². The highest BCUT2D eigenvalue weighted by Crippen LogP contribution is 2.14. The second-order valence-corrected chi connectivity index (χ2v) is 15.7. The zero-order valence-corrected chi connectivity index (χ0v) is 37.7. The van der Waals surface area contributed by atoms with Crippen molar-refractivity contribution in [1.29, 1.82) is 0 Å². The Labute approximate surface area is 364 Å². The van der Waals surface area contributed by atoms with E-state index in [0.717, 1.165) is 44.9 Å². The minimum Gasteiger partial charge on any atom is -0.481 e. The Kier molecular flexibility index (Phi) is 37.3. The Morgan fingerprint density at radius 1 is 0.525 bits per heavy atom. The molecule has 17 nitrogen and oxygen atoms in total. The number of ether oxygens (including phenoxy) is 4. The van der Waals surface area contributed by atoms with Gasteiger partial charge in [-0.1, -0.05) is 97.3 Å². The number of hydrogen-bond donors (Lipinski definition) is 6. The van der Waals surface area contributed by atoms with Crippen molar-refractivity contribution in [2.24, 2.45) is 5.92 Å². The molecule has 0 aliphatic heterocycles. The fourth-order valence-electron chi connectivity index (χ4n) is 5.79. The Hall–Kier alpha value is -2.94. The Balaban J connectivity index is 3.72. The molecule has 18 heteroatoms. The summed E-state index contributed by atoms with van der Waals surface area (Å²) in [6.07, 6.45) is 16.2. The second-order valence-electron chi connectivity index (χ2n) is 14.6. The number of carboxylic acids is 2. The molecular formula is C41H73IN4O13. The first-order valence-corrected chi connectivity index (χ1v) is 22.5. The van der Waals surface area contributed by atoms with Crippen LogP contribution in [0.25, 0.3) is 0 Å². The average Bonchev–Trinajstić information content (AvgIpc) is 3.19. The third kappa shape index (κ3) is 36.6. The molecule has 4 amide bonds. The first-order valence-electron chi connectivity index (χ1n) is 21.4. The van der Waals surface area contributed by atoms with Crippen molar-refractivity contribution < 1.29 is 62.7 Å². The van der Waals surface area contributed by atoms with Crippen LogP contribution in [0.15, 0.2) is 0 Å². The summed E-state index contributed by atoms with van der Waals surface area (Å²) in [7, 11) is 0. The Bertz CT molecular complexity index is 1180. The number of aliphatic carboxylic acids is 2. The van der Waals surface area contributed by atoms with Crippen molar-refractivity contribution in [2.45, 2.75) is 148 Å². The van der Waals surface area contributed by atoms with E-state index >= 15 is 0 Å². The lowest BCUT2D eigenvalue weighted by Crippen LogP contribution is -2.44. The van der Waals surface area contributed by atoms with Gasteiger partial charge in [0.1, 0.15) is 25.3 Å². The molecule has 0 fully saturated rings. The molecule has 0 aliphatic carbocycles. The van der Waals surface area contributed by atoms with E-state index in [9.17, 15) is 38.7 Å². The highest BCUT2D eigenvalue weighted by Gasteiger charge is 2.24. The molecule has 3 atom stereocenters. The maximum Gasteiger partial charge on any atom is 0.326 e. The minimum atomic E-state index is -1.18. The first kappa shape index (κ1) is 56.1. The average molecular weight is 957 g/mol. The zero-order valence-electron chi connectivity index (χ0n) is 35.5. The SMILES string of the molecule is CC[C@H](C)[C@H](NC(=O)COCCOCCNC(=O)COCCOCCNC(=O)CC[C@H](NC(=O)CCCCCCCCCCCCCCCCC(=O)O)C(=O)O)C(=O)I. The van der Waals surface area contributed by atoms with E-state index in [-0.39, 0.29) is 125 Å². The van der Waals surface area contributed by atoms with E-state index in [2.05, 4.69) is 21.3 Å². The van der Waals surface area contributed by atoms with Crippen LogP contribution in [0, 0.1) is 5.92 Å². The molecule has 0 unspecified atom stereocenters. The maximum absolute atomic E-state index is 12.3. The van der Waals surface area contributed by atoms with Crippen LogP contribution in [0.2, 0.25) is 0 Å². The second kappa shape index (κ2) is 39.2. The number of unbranched alkanes of at least 4 members (excludes halogenated alkanes) is 13. The molecule has 0 saturated carbocycles. The van der Waals surface area contributed by atoms with Gasteiger partial charge in [0.25, 0.3) is 0 Å². The summed E-state index contributed by atoms with van der Waals surface area (Å²) in [6.45, 7) is 5.18. The van der Waals surface area contributed by atoms with Gasteiger partial charge < -0.3 is 50.4 Å². The zero-order chi connectivity index (χ0) is 43.9. The third-order valence-corrected chi connectivity index (χ3v) is 10.1. The molecule has 59 heavy (non-hydrogen) atoms. The monoisotopic (exact) mass is 956 g/mol. The molecule has 0 bridgehead atoms. The van der Waals surface area contributed by atoms with Crippen LogP contribution in [-0.4, -0.2) is 128 Å². The van der Waals surface area contributed by atoms with E-state index < -0.39 is 24.0 Å². The van der Waals surface area contributed by atoms with Crippen LogP contribution in [0.5, 0.6) is 0 Å². The van der Waals surface area contributed by atoms with Gasteiger partial charge in [-0.05, 0) is 25.2 Å². The highest BCUT2D eigenvalue weighted by atomic mass is 127. The topological polar surface area (TPSA) is 245 Å². The third-order valence-electron chi connectivity index (χ3n) is 9.46. The summed E-state index contributed by atoms with van der Waals surface area (Å²) in [5.74, 6) is -3.26. The van der Waals surface area contributed by atoms with Gasteiger partial charge in [0.2, 0.25) is 27.4 Å². The van der Waals surface area contributed by atoms with Crippen LogP contribution in [0.3, 0.4) is 0 Å². The molecule has 0 radical (unpaired) electrons. The standard InChI is InChI=1S/C41H73IN4O13/c1-3-32(2)39(40(42)53)46-37(50)31-59-29-27-57-25-23-44-36(49)30-58-28-26-56-24-22-43-34(47)21-20-33(41(54)55)45-35(48)18-16-14-12-10-8-6-4-5-7-9-11-13-15-17-19-38(51)52/h32-33,39H,3-31H2,1-2H3,(H,43,47)(H,44,49)(H,45,48)(H,46,50)(H,51,52)(H,54,55)/t32-,33-,39-/m0/s1. The van der Waals surface area contributed by atoms with Crippen molar-refractivity contribution in [1.82, 2.24) is 21.3 Å². The van der Waals surface area contributed by atoms with E-state index in [1.54, 1.807) is 22.6 Å². The Morgan fingerprint density at radius 3 is 1.42 bits per heavy atom. The molecule has 0 saturated heterocycles. The van der Waals surface area contributed by atoms with Gasteiger partial charge in [0, 0.05) is 54.9 Å². The molecule has 0 aromatic rings. The number of rotatable bonds is 42. The number of carbonyl (C=O) groups is 7.